The summed E-state index contributed by atoms with van der Waals surface area (Å²) in [7, 11) is 0. The second kappa shape index (κ2) is 6.76. The summed E-state index contributed by atoms with van der Waals surface area (Å²) >= 11 is 0. The monoisotopic (exact) mass is 280 g/mol. The number of nitrogens with one attached hydrogen (secondary N) is 1. The summed E-state index contributed by atoms with van der Waals surface area (Å²) in [6.07, 6.45) is 12.7. The van der Waals surface area contributed by atoms with Gasteiger partial charge in [-0.15, -0.1) is 0 Å². The fourth-order valence-electron chi connectivity index (χ4n) is 4.55. The van der Waals surface area contributed by atoms with Gasteiger partial charge in [0.05, 0.1) is 11.7 Å². The molecule has 2 unspecified atom stereocenters. The van der Waals surface area contributed by atoms with E-state index in [1.54, 1.807) is 0 Å². The van der Waals surface area contributed by atoms with Gasteiger partial charge < -0.3 is 10.1 Å². The van der Waals surface area contributed by atoms with Crippen LogP contribution in [0.5, 0.6) is 0 Å². The van der Waals surface area contributed by atoms with Crippen LogP contribution in [-0.2, 0) is 4.74 Å². The van der Waals surface area contributed by atoms with Gasteiger partial charge in [0.1, 0.15) is 0 Å². The van der Waals surface area contributed by atoms with Gasteiger partial charge in [-0.25, -0.2) is 0 Å². The summed E-state index contributed by atoms with van der Waals surface area (Å²) in [5.41, 5.74) is 0.291. The second-order valence-electron chi connectivity index (χ2n) is 7.18. The van der Waals surface area contributed by atoms with E-state index in [4.69, 9.17) is 4.74 Å². The zero-order valence-electron chi connectivity index (χ0n) is 13.2. The Kier molecular flexibility index (Phi) is 5.00. The van der Waals surface area contributed by atoms with E-state index in [2.05, 4.69) is 17.1 Å². The molecule has 1 aliphatic carbocycles. The third-order valence-corrected chi connectivity index (χ3v) is 5.56. The number of hydrogen-bond acceptors (Lipinski definition) is 3. The molecule has 0 bridgehead atoms. The largest absolute Gasteiger partial charge is 0.370 e. The van der Waals surface area contributed by atoms with Gasteiger partial charge in [-0.1, -0.05) is 26.2 Å². The molecule has 116 valence electrons. The zero-order chi connectivity index (χ0) is 13.8. The molecule has 3 fully saturated rings. The summed E-state index contributed by atoms with van der Waals surface area (Å²) in [6.45, 7) is 6.98. The highest BCUT2D eigenvalue weighted by Crippen LogP contribution is 2.42. The van der Waals surface area contributed by atoms with E-state index in [1.807, 2.05) is 0 Å². The van der Waals surface area contributed by atoms with Crippen LogP contribution in [0.15, 0.2) is 0 Å². The molecule has 2 atom stereocenters. The van der Waals surface area contributed by atoms with Crippen molar-refractivity contribution in [2.45, 2.75) is 82.5 Å². The Morgan fingerprint density at radius 2 is 1.95 bits per heavy atom. The van der Waals surface area contributed by atoms with Crippen molar-refractivity contribution in [2.75, 3.05) is 26.2 Å². The van der Waals surface area contributed by atoms with Gasteiger partial charge in [-0.05, 0) is 51.6 Å². The van der Waals surface area contributed by atoms with Crippen molar-refractivity contribution >= 4 is 0 Å². The molecule has 20 heavy (non-hydrogen) atoms. The van der Waals surface area contributed by atoms with Crippen molar-refractivity contribution in [3.63, 3.8) is 0 Å². The topological polar surface area (TPSA) is 24.5 Å². The average molecular weight is 280 g/mol. The zero-order valence-corrected chi connectivity index (χ0v) is 13.2. The van der Waals surface area contributed by atoms with Crippen molar-refractivity contribution in [1.82, 2.24) is 10.2 Å². The molecule has 0 amide bonds. The van der Waals surface area contributed by atoms with Crippen LogP contribution < -0.4 is 5.32 Å². The van der Waals surface area contributed by atoms with Gasteiger partial charge in [0.25, 0.3) is 0 Å². The van der Waals surface area contributed by atoms with E-state index in [9.17, 15) is 0 Å². The van der Waals surface area contributed by atoms with E-state index >= 15 is 0 Å². The molecule has 0 aromatic rings. The Bertz CT molecular complexity index is 299. The smallest absolute Gasteiger partial charge is 0.0710 e. The van der Waals surface area contributed by atoms with Crippen LogP contribution >= 0.6 is 0 Å². The molecule has 1 saturated carbocycles. The molecule has 1 spiro atoms. The molecule has 3 nitrogen and oxygen atoms in total. The normalized spacial score (nSPS) is 34.6. The minimum Gasteiger partial charge on any atom is -0.370 e. The summed E-state index contributed by atoms with van der Waals surface area (Å²) in [5.74, 6) is 0. The Hall–Kier alpha value is -0.120. The van der Waals surface area contributed by atoms with E-state index in [1.165, 1.54) is 77.4 Å². The molecule has 2 saturated heterocycles. The predicted molar refractivity (Wildman–Crippen MR) is 83.1 cm³/mol. The Labute approximate surface area is 124 Å². The molecular weight excluding hydrogens is 248 g/mol. The van der Waals surface area contributed by atoms with Crippen molar-refractivity contribution in [2.24, 2.45) is 0 Å². The first kappa shape index (κ1) is 14.8. The highest BCUT2D eigenvalue weighted by Gasteiger charge is 2.41. The Balaban J connectivity index is 1.46. The van der Waals surface area contributed by atoms with E-state index in [0.717, 1.165) is 6.54 Å². The van der Waals surface area contributed by atoms with Gasteiger partial charge in [-0.2, -0.15) is 0 Å². The summed E-state index contributed by atoms with van der Waals surface area (Å²) < 4.78 is 6.53. The van der Waals surface area contributed by atoms with Crippen LogP contribution in [-0.4, -0.2) is 48.8 Å². The SMILES string of the molecule is CCNC1CCCN(CC2CCC3(CCCCC3)O2)C1. The van der Waals surface area contributed by atoms with E-state index < -0.39 is 0 Å². The quantitative estimate of drug-likeness (QED) is 0.857. The van der Waals surface area contributed by atoms with Crippen LogP contribution in [0.25, 0.3) is 0 Å². The first-order valence-electron chi connectivity index (χ1n) is 8.93. The number of rotatable bonds is 4. The van der Waals surface area contributed by atoms with Crippen LogP contribution in [0.2, 0.25) is 0 Å². The molecule has 3 rings (SSSR count). The van der Waals surface area contributed by atoms with Gasteiger partial charge in [-0.3, -0.25) is 4.90 Å². The van der Waals surface area contributed by atoms with Gasteiger partial charge in [0.15, 0.2) is 0 Å². The Morgan fingerprint density at radius 3 is 2.75 bits per heavy atom. The lowest BCUT2D eigenvalue weighted by Gasteiger charge is -2.36. The van der Waals surface area contributed by atoms with Crippen LogP contribution in [0.1, 0.15) is 64.7 Å². The minimum absolute atomic E-state index is 0.291. The van der Waals surface area contributed by atoms with Gasteiger partial charge in [0.2, 0.25) is 0 Å². The first-order valence-corrected chi connectivity index (χ1v) is 8.93. The molecule has 0 aromatic carbocycles. The van der Waals surface area contributed by atoms with Crippen LogP contribution in [0.3, 0.4) is 0 Å². The molecule has 3 heteroatoms. The maximum absolute atomic E-state index is 6.53. The molecule has 1 N–H and O–H groups in total. The lowest BCUT2D eigenvalue weighted by Crippen LogP contribution is -2.48. The maximum Gasteiger partial charge on any atom is 0.0710 e. The minimum atomic E-state index is 0.291. The fraction of sp³-hybridized carbons (Fsp3) is 1.00. The lowest BCUT2D eigenvalue weighted by molar-refractivity contribution is -0.0734. The number of likely N-dealkylation sites (N-methyl/N-ethyl adjacent to an activating group) is 1. The van der Waals surface area contributed by atoms with Crippen LogP contribution in [0.4, 0.5) is 0 Å². The molecular formula is C17H32N2O. The predicted octanol–water partition coefficient (Wildman–Crippen LogP) is 2.94. The first-order chi connectivity index (χ1) is 9.80. The standard InChI is InChI=1S/C17H32N2O/c1-2-18-15-7-6-12-19(13-15)14-16-8-11-17(20-16)9-4-3-5-10-17/h15-16,18H,2-14H2,1H3. The van der Waals surface area contributed by atoms with Crippen LogP contribution in [0, 0.1) is 0 Å². The van der Waals surface area contributed by atoms with Gasteiger partial charge in [0, 0.05) is 19.1 Å². The highest BCUT2D eigenvalue weighted by atomic mass is 16.5. The molecule has 0 aromatic heterocycles. The molecule has 0 radical (unpaired) electrons. The molecule has 3 aliphatic rings. The average Bonchev–Trinajstić information content (AvgIpc) is 2.83. The maximum atomic E-state index is 6.53. The fourth-order valence-corrected chi connectivity index (χ4v) is 4.55. The van der Waals surface area contributed by atoms with E-state index in [0.29, 0.717) is 17.7 Å². The Morgan fingerprint density at radius 1 is 1.10 bits per heavy atom. The highest BCUT2D eigenvalue weighted by molar-refractivity contribution is 4.92. The van der Waals surface area contributed by atoms with Crippen molar-refractivity contribution < 1.29 is 4.74 Å². The molecule has 2 heterocycles. The summed E-state index contributed by atoms with van der Waals surface area (Å²) in [4.78, 5) is 2.64. The number of hydrogen-bond donors (Lipinski definition) is 1. The van der Waals surface area contributed by atoms with Crippen molar-refractivity contribution in [3.8, 4) is 0 Å². The number of nitrogens with zero attached hydrogens (tertiary/aromatic N) is 1. The summed E-state index contributed by atoms with van der Waals surface area (Å²) in [5, 5.41) is 3.61. The second-order valence-corrected chi connectivity index (χ2v) is 7.18. The number of likely N-dealkylation sites (tertiary alicyclic amines) is 1. The number of ether oxygens (including phenoxy) is 1. The third-order valence-electron chi connectivity index (χ3n) is 5.56. The number of piperidine rings is 1. The van der Waals surface area contributed by atoms with E-state index in [-0.39, 0.29) is 0 Å². The molecule has 2 aliphatic heterocycles. The van der Waals surface area contributed by atoms with Crippen molar-refractivity contribution in [1.29, 1.82) is 0 Å². The summed E-state index contributed by atoms with van der Waals surface area (Å²) in [6, 6.07) is 0.707. The van der Waals surface area contributed by atoms with Crippen molar-refractivity contribution in [3.05, 3.63) is 0 Å². The lowest BCUT2D eigenvalue weighted by atomic mass is 9.83. The van der Waals surface area contributed by atoms with Gasteiger partial charge >= 0.3 is 0 Å². The third kappa shape index (κ3) is 3.55.